The topological polar surface area (TPSA) is 49.8 Å². The van der Waals surface area contributed by atoms with Crippen molar-refractivity contribution in [1.82, 2.24) is 0 Å². The number of nitrogens with zero attached hydrogens (tertiary/aromatic N) is 1. The van der Waals surface area contributed by atoms with Gasteiger partial charge in [0.25, 0.3) is 0 Å². The van der Waals surface area contributed by atoms with Crippen molar-refractivity contribution >= 4 is 5.69 Å². The summed E-state index contributed by atoms with van der Waals surface area (Å²) in [4.78, 5) is 0. The van der Waals surface area contributed by atoms with E-state index in [1.807, 2.05) is 6.07 Å². The first-order valence-corrected chi connectivity index (χ1v) is 4.99. The summed E-state index contributed by atoms with van der Waals surface area (Å²) in [6, 6.07) is 4.26. The van der Waals surface area contributed by atoms with Crippen LogP contribution in [0.1, 0.15) is 26.3 Å². The maximum atomic E-state index is 13.7. The first kappa shape index (κ1) is 12.4. The van der Waals surface area contributed by atoms with E-state index in [0.29, 0.717) is 0 Å². The van der Waals surface area contributed by atoms with Gasteiger partial charge in [-0.2, -0.15) is 5.26 Å². The molecule has 0 aromatic heterocycles. The summed E-state index contributed by atoms with van der Waals surface area (Å²) in [5, 5.41) is 9.15. The van der Waals surface area contributed by atoms with Gasteiger partial charge in [0.2, 0.25) is 0 Å². The number of hydrogen-bond donors (Lipinski definition) is 1. The Balaban J connectivity index is 3.55. The van der Waals surface area contributed by atoms with Gasteiger partial charge in [-0.1, -0.05) is 13.8 Å². The van der Waals surface area contributed by atoms with Gasteiger partial charge in [-0.05, 0) is 25.0 Å². The van der Waals surface area contributed by atoms with E-state index in [1.165, 1.54) is 6.07 Å². The van der Waals surface area contributed by atoms with E-state index in [2.05, 4.69) is 0 Å². The molecule has 1 atom stereocenters. The molecule has 2 N–H and O–H groups in total. The second-order valence-electron chi connectivity index (χ2n) is 4.29. The number of halogens is 2. The molecule has 0 spiro atoms. The minimum atomic E-state index is -1.13. The van der Waals surface area contributed by atoms with E-state index < -0.39 is 17.0 Å². The SMILES string of the molecule is CC(C)C(C)(C#N)c1c(N)ccc(F)c1F. The highest BCUT2D eigenvalue weighted by molar-refractivity contribution is 5.54. The largest absolute Gasteiger partial charge is 0.398 e. The molecule has 0 heterocycles. The lowest BCUT2D eigenvalue weighted by atomic mass is 9.73. The van der Waals surface area contributed by atoms with E-state index >= 15 is 0 Å². The van der Waals surface area contributed by atoms with Crippen LogP contribution in [0.15, 0.2) is 12.1 Å². The zero-order valence-corrected chi connectivity index (χ0v) is 9.51. The smallest absolute Gasteiger partial charge is 0.165 e. The van der Waals surface area contributed by atoms with Crippen molar-refractivity contribution in [2.45, 2.75) is 26.2 Å². The third-order valence-corrected chi connectivity index (χ3v) is 3.03. The number of nitriles is 1. The molecule has 0 radical (unpaired) electrons. The minimum Gasteiger partial charge on any atom is -0.398 e. The predicted molar refractivity (Wildman–Crippen MR) is 58.6 cm³/mol. The van der Waals surface area contributed by atoms with Crippen molar-refractivity contribution in [2.24, 2.45) is 5.92 Å². The number of nitrogens with two attached hydrogens (primary N) is 1. The van der Waals surface area contributed by atoms with E-state index in [1.54, 1.807) is 20.8 Å². The van der Waals surface area contributed by atoms with E-state index in [9.17, 15) is 8.78 Å². The van der Waals surface area contributed by atoms with Crippen LogP contribution >= 0.6 is 0 Å². The van der Waals surface area contributed by atoms with Gasteiger partial charge in [0.15, 0.2) is 11.6 Å². The van der Waals surface area contributed by atoms with E-state index in [0.717, 1.165) is 6.07 Å². The lowest BCUT2D eigenvalue weighted by Gasteiger charge is -2.28. The van der Waals surface area contributed by atoms with Crippen molar-refractivity contribution in [3.8, 4) is 6.07 Å². The number of rotatable bonds is 2. The van der Waals surface area contributed by atoms with Gasteiger partial charge < -0.3 is 5.73 Å². The first-order chi connectivity index (χ1) is 7.34. The summed E-state index contributed by atoms with van der Waals surface area (Å²) in [6.07, 6.45) is 0. The molecule has 0 aliphatic heterocycles. The third-order valence-electron chi connectivity index (χ3n) is 3.03. The number of hydrogen-bond acceptors (Lipinski definition) is 2. The Kier molecular flexibility index (Phi) is 3.18. The van der Waals surface area contributed by atoms with E-state index in [4.69, 9.17) is 11.0 Å². The Morgan fingerprint density at radius 3 is 2.38 bits per heavy atom. The lowest BCUT2D eigenvalue weighted by Crippen LogP contribution is -2.29. The molecule has 4 heteroatoms. The summed E-state index contributed by atoms with van der Waals surface area (Å²) in [7, 11) is 0. The Morgan fingerprint density at radius 1 is 1.38 bits per heavy atom. The van der Waals surface area contributed by atoms with Crippen LogP contribution in [0.25, 0.3) is 0 Å². The summed E-state index contributed by atoms with van der Waals surface area (Å²) < 4.78 is 26.8. The van der Waals surface area contributed by atoms with Crippen LogP contribution in [0.5, 0.6) is 0 Å². The fourth-order valence-corrected chi connectivity index (χ4v) is 1.57. The maximum Gasteiger partial charge on any atom is 0.165 e. The standard InChI is InChI=1S/C12H14F2N2/c1-7(2)12(3,6-15)10-9(16)5-4-8(13)11(10)14/h4-5,7H,16H2,1-3H3. The highest BCUT2D eigenvalue weighted by Crippen LogP contribution is 2.37. The number of anilines is 1. The molecule has 16 heavy (non-hydrogen) atoms. The van der Waals surface area contributed by atoms with Gasteiger partial charge in [0, 0.05) is 11.3 Å². The Morgan fingerprint density at radius 2 is 1.94 bits per heavy atom. The molecule has 0 fully saturated rings. The van der Waals surface area contributed by atoms with Gasteiger partial charge in [0.05, 0.1) is 11.5 Å². The average molecular weight is 224 g/mol. The monoisotopic (exact) mass is 224 g/mol. The van der Waals surface area contributed by atoms with Crippen molar-refractivity contribution in [3.63, 3.8) is 0 Å². The van der Waals surface area contributed by atoms with Crippen LogP contribution in [0.2, 0.25) is 0 Å². The van der Waals surface area contributed by atoms with Gasteiger partial charge in [-0.15, -0.1) is 0 Å². The maximum absolute atomic E-state index is 13.7. The molecule has 1 aromatic rings. The van der Waals surface area contributed by atoms with Crippen molar-refractivity contribution in [2.75, 3.05) is 5.73 Å². The van der Waals surface area contributed by atoms with Crippen LogP contribution in [0, 0.1) is 28.9 Å². The van der Waals surface area contributed by atoms with Crippen LogP contribution in [-0.4, -0.2) is 0 Å². The van der Waals surface area contributed by atoms with Crippen LogP contribution < -0.4 is 5.73 Å². The van der Waals surface area contributed by atoms with Crippen LogP contribution in [-0.2, 0) is 5.41 Å². The Bertz CT molecular complexity index is 449. The van der Waals surface area contributed by atoms with Crippen LogP contribution in [0.3, 0.4) is 0 Å². The fraction of sp³-hybridized carbons (Fsp3) is 0.417. The second-order valence-corrected chi connectivity index (χ2v) is 4.29. The van der Waals surface area contributed by atoms with Crippen molar-refractivity contribution in [1.29, 1.82) is 5.26 Å². The van der Waals surface area contributed by atoms with Gasteiger partial charge >= 0.3 is 0 Å². The average Bonchev–Trinajstić information content (AvgIpc) is 2.23. The fourth-order valence-electron chi connectivity index (χ4n) is 1.57. The summed E-state index contributed by atoms with van der Waals surface area (Å²) in [5.74, 6) is -2.18. The summed E-state index contributed by atoms with van der Waals surface area (Å²) in [6.45, 7) is 5.10. The molecular weight excluding hydrogens is 210 g/mol. The molecule has 0 saturated carbocycles. The molecule has 0 saturated heterocycles. The Labute approximate surface area is 93.7 Å². The normalized spacial score (nSPS) is 14.6. The number of nitrogen functional groups attached to an aromatic ring is 1. The molecule has 0 aliphatic carbocycles. The molecule has 1 aromatic carbocycles. The van der Waals surface area contributed by atoms with Gasteiger partial charge in [-0.25, -0.2) is 8.78 Å². The second kappa shape index (κ2) is 4.09. The minimum absolute atomic E-state index is 0.0509. The molecule has 1 rings (SSSR count). The molecule has 0 bridgehead atoms. The first-order valence-electron chi connectivity index (χ1n) is 4.99. The molecule has 2 nitrogen and oxygen atoms in total. The molecule has 1 unspecified atom stereocenters. The van der Waals surface area contributed by atoms with Crippen molar-refractivity contribution < 1.29 is 8.78 Å². The van der Waals surface area contributed by atoms with Crippen molar-refractivity contribution in [3.05, 3.63) is 29.3 Å². The molecular formula is C12H14F2N2. The molecule has 0 aliphatic rings. The van der Waals surface area contributed by atoms with E-state index in [-0.39, 0.29) is 17.2 Å². The zero-order valence-electron chi connectivity index (χ0n) is 9.51. The van der Waals surface area contributed by atoms with Gasteiger partial charge in [-0.3, -0.25) is 0 Å². The molecule has 0 amide bonds. The number of benzene rings is 1. The molecule has 86 valence electrons. The summed E-state index contributed by atoms with van der Waals surface area (Å²) in [5.41, 5.74) is 4.56. The quantitative estimate of drug-likeness (QED) is 0.785. The predicted octanol–water partition coefficient (Wildman–Crippen LogP) is 2.98. The summed E-state index contributed by atoms with van der Waals surface area (Å²) >= 11 is 0. The highest BCUT2D eigenvalue weighted by Gasteiger charge is 2.36. The van der Waals surface area contributed by atoms with Crippen LogP contribution in [0.4, 0.5) is 14.5 Å². The highest BCUT2D eigenvalue weighted by atomic mass is 19.2. The third kappa shape index (κ3) is 1.73. The Hall–Kier alpha value is -1.63. The lowest BCUT2D eigenvalue weighted by molar-refractivity contribution is 0.400. The van der Waals surface area contributed by atoms with Gasteiger partial charge in [0.1, 0.15) is 0 Å². The zero-order chi connectivity index (χ0) is 12.5.